The lowest BCUT2D eigenvalue weighted by molar-refractivity contribution is 0.0453. The molecule has 8 aromatic carbocycles. The van der Waals surface area contributed by atoms with Gasteiger partial charge in [-0.05, 0) is 191 Å². The molecule has 0 saturated carbocycles. The summed E-state index contributed by atoms with van der Waals surface area (Å²) in [6.45, 7) is 39.8. The van der Waals surface area contributed by atoms with Crippen molar-refractivity contribution in [2.24, 2.45) is 0 Å². The number of methoxy groups -OCH3 is 7. The zero-order chi connectivity index (χ0) is 91.0. The Balaban J connectivity index is 0.000000715. The second-order valence-corrected chi connectivity index (χ2v) is 29.1. The first-order valence-corrected chi connectivity index (χ1v) is 44.4. The maximum Gasteiger partial charge on any atom is 0.119 e. The summed E-state index contributed by atoms with van der Waals surface area (Å²) in [7, 11) is 11.9. The van der Waals surface area contributed by atoms with Crippen molar-refractivity contribution in [3.05, 3.63) is 255 Å². The van der Waals surface area contributed by atoms with Crippen molar-refractivity contribution in [2.75, 3.05) is 235 Å². The molecule has 0 heterocycles. The molecule has 0 aliphatic carbocycles. The average Bonchev–Trinajstić information content (AvgIpc) is 0.981. The maximum atomic E-state index is 5.61. The van der Waals surface area contributed by atoms with Gasteiger partial charge < -0.3 is 99.5 Å². The Morgan fingerprint density at radius 2 is 0.352 bits per heavy atom. The zero-order valence-electron chi connectivity index (χ0n) is 79.3. The number of benzene rings is 8. The lowest BCUT2D eigenvalue weighted by atomic mass is 10.1. The van der Waals surface area contributed by atoms with Crippen molar-refractivity contribution in [3.63, 3.8) is 0 Å². The minimum absolute atomic E-state index is 0.593. The van der Waals surface area contributed by atoms with E-state index in [2.05, 4.69) is 152 Å². The molecule has 0 amide bonds. The molecule has 0 atom stereocenters. The summed E-state index contributed by atoms with van der Waals surface area (Å²) in [5.41, 5.74) is 13.9. The van der Waals surface area contributed by atoms with E-state index in [4.69, 9.17) is 99.5 Å². The van der Waals surface area contributed by atoms with Gasteiger partial charge in [0, 0.05) is 142 Å². The standard InChI is InChI=1S/3C14H22O3.2C13H20O3.3C12H18O2/c1-13-5-7-14(8-6-13)17-12-4-11-16-10-3-9-15-2;1-13-5-7-14(8-6-13)17-10-4-3-9-16-12-11-15-2;1-13-5-7-14(8-6-13)17-12-11-16-10-4-3-9-15-2;1-12-4-6-13(7-5-12)16-9-3-8-15-11-10-14-2;1-12-4-6-13(7-5-12)16-11-10-15-9-3-8-14-2;1-11-4-6-12(7-5-11)10-14-9-3-8-13-2;1-11-3-5-12(6-4-11)7-8-14-10-9-13-2;1-3-13-8-9-14-10-12-6-4-11(2)5-7-12/h3*5-8H,3-4,9-12H2,1-2H3;2*4-7H,3,8-11H2,1-2H3;4-7H,3,8-10H2,1-2H3;3-6H,7-10H2,1-2H3;4-7H,3,8-10H2,1-2H3. The molecule has 0 spiro atoms. The first-order chi connectivity index (χ1) is 61.1. The fourth-order valence-corrected chi connectivity index (χ4v) is 10.2. The Hall–Kier alpha value is -7.88. The van der Waals surface area contributed by atoms with Crippen LogP contribution in [-0.4, -0.2) is 235 Å². The van der Waals surface area contributed by atoms with Crippen LogP contribution >= 0.6 is 0 Å². The number of hydrogen-bond donors (Lipinski definition) is 0. The van der Waals surface area contributed by atoms with Gasteiger partial charge >= 0.3 is 0 Å². The molecule has 0 radical (unpaired) electrons. The van der Waals surface area contributed by atoms with E-state index in [1.807, 2.05) is 104 Å². The van der Waals surface area contributed by atoms with Crippen LogP contribution in [0.5, 0.6) is 28.7 Å². The second-order valence-electron chi connectivity index (χ2n) is 29.1. The summed E-state index contributed by atoms with van der Waals surface area (Å²) < 4.78 is 111. The summed E-state index contributed by atoms with van der Waals surface area (Å²) in [5.74, 6) is 4.58. The lowest BCUT2D eigenvalue weighted by Crippen LogP contribution is -2.08. The van der Waals surface area contributed by atoms with E-state index in [9.17, 15) is 0 Å². The molecule has 0 bridgehead atoms. The van der Waals surface area contributed by atoms with E-state index in [0.29, 0.717) is 106 Å². The highest BCUT2D eigenvalue weighted by Gasteiger charge is 2.03. The van der Waals surface area contributed by atoms with E-state index in [0.717, 1.165) is 185 Å². The molecule has 21 nitrogen and oxygen atoms in total. The van der Waals surface area contributed by atoms with Gasteiger partial charge in [0.25, 0.3) is 0 Å². The van der Waals surface area contributed by atoms with Crippen LogP contribution in [-0.2, 0) is 95.4 Å². The van der Waals surface area contributed by atoms with E-state index >= 15 is 0 Å². The van der Waals surface area contributed by atoms with Crippen LogP contribution < -0.4 is 23.7 Å². The Labute approximate surface area is 754 Å². The fraction of sp³-hybridized carbons (Fsp3) is 0.538. The minimum atomic E-state index is 0.593. The molecule has 21 heteroatoms. The molecule has 0 N–H and O–H groups in total. The van der Waals surface area contributed by atoms with Crippen LogP contribution in [0.2, 0.25) is 0 Å². The van der Waals surface area contributed by atoms with Gasteiger partial charge in [-0.25, -0.2) is 0 Å². The fourth-order valence-electron chi connectivity index (χ4n) is 10.2. The number of rotatable bonds is 61. The van der Waals surface area contributed by atoms with Gasteiger partial charge in [0.2, 0.25) is 0 Å². The third-order valence-electron chi connectivity index (χ3n) is 17.6. The first kappa shape index (κ1) is 115. The van der Waals surface area contributed by atoms with Crippen molar-refractivity contribution in [3.8, 4) is 28.7 Å². The van der Waals surface area contributed by atoms with Crippen LogP contribution in [0.4, 0.5) is 0 Å². The number of aryl methyl sites for hydroxylation is 8. The number of hydrogen-bond acceptors (Lipinski definition) is 21. The average molecular weight is 1750 g/mol. The van der Waals surface area contributed by atoms with Crippen LogP contribution in [0.25, 0.3) is 0 Å². The monoisotopic (exact) mass is 1750 g/mol. The van der Waals surface area contributed by atoms with Crippen LogP contribution in [0.15, 0.2) is 194 Å². The lowest BCUT2D eigenvalue weighted by Gasteiger charge is -2.07. The van der Waals surface area contributed by atoms with Gasteiger partial charge in [0.05, 0.1) is 106 Å². The Kier molecular flexibility index (Phi) is 80.0. The Bertz CT molecular complexity index is 3180. The molecule has 0 unspecified atom stereocenters. The molecular weight excluding hydrogens is 1590 g/mol. The summed E-state index contributed by atoms with van der Waals surface area (Å²) in [5, 5.41) is 0. The summed E-state index contributed by atoms with van der Waals surface area (Å²) in [6, 6.07) is 65.7. The van der Waals surface area contributed by atoms with Gasteiger partial charge in [-0.3, -0.25) is 0 Å². The molecule has 0 saturated heterocycles. The van der Waals surface area contributed by atoms with Gasteiger partial charge in [-0.1, -0.05) is 178 Å². The number of ether oxygens (including phenoxy) is 21. The van der Waals surface area contributed by atoms with Crippen LogP contribution in [0, 0.1) is 55.4 Å². The largest absolute Gasteiger partial charge is 0.494 e. The van der Waals surface area contributed by atoms with E-state index in [1.54, 1.807) is 49.8 Å². The number of unbranched alkanes of at least 4 members (excludes halogenated alkanes) is 2. The van der Waals surface area contributed by atoms with Crippen LogP contribution in [0.3, 0.4) is 0 Å². The highest BCUT2D eigenvalue weighted by atomic mass is 16.6. The highest BCUT2D eigenvalue weighted by molar-refractivity contribution is 5.30. The van der Waals surface area contributed by atoms with Crippen molar-refractivity contribution in [1.29, 1.82) is 0 Å². The minimum Gasteiger partial charge on any atom is -0.494 e. The summed E-state index contributed by atoms with van der Waals surface area (Å²) in [6.07, 6.45) is 9.77. The second kappa shape index (κ2) is 86.8. The zero-order valence-corrected chi connectivity index (χ0v) is 79.3. The van der Waals surface area contributed by atoms with Crippen molar-refractivity contribution in [2.45, 2.75) is 140 Å². The third kappa shape index (κ3) is 75.9. The molecule has 125 heavy (non-hydrogen) atoms. The predicted octanol–water partition coefficient (Wildman–Crippen LogP) is 20.6. The molecule has 0 aliphatic rings. The third-order valence-corrected chi connectivity index (χ3v) is 17.6. The Morgan fingerprint density at radius 1 is 0.160 bits per heavy atom. The quantitative estimate of drug-likeness (QED) is 0.0326. The van der Waals surface area contributed by atoms with Crippen molar-refractivity contribution >= 4 is 0 Å². The summed E-state index contributed by atoms with van der Waals surface area (Å²) >= 11 is 0. The predicted molar refractivity (Wildman–Crippen MR) is 506 cm³/mol. The van der Waals surface area contributed by atoms with Gasteiger partial charge in [0.15, 0.2) is 0 Å². The molecule has 0 aliphatic heterocycles. The van der Waals surface area contributed by atoms with E-state index in [1.165, 1.54) is 61.2 Å². The molecule has 8 aromatic rings. The Morgan fingerprint density at radius 3 is 0.656 bits per heavy atom. The first-order valence-electron chi connectivity index (χ1n) is 44.4. The van der Waals surface area contributed by atoms with Gasteiger partial charge in [-0.2, -0.15) is 0 Å². The molecule has 702 valence electrons. The smallest absolute Gasteiger partial charge is 0.119 e. The van der Waals surface area contributed by atoms with Gasteiger partial charge in [-0.15, -0.1) is 0 Å². The molecule has 8 rings (SSSR count). The molecule has 0 aromatic heterocycles. The van der Waals surface area contributed by atoms with E-state index in [-0.39, 0.29) is 0 Å². The van der Waals surface area contributed by atoms with Crippen molar-refractivity contribution < 1.29 is 99.5 Å². The molecular formula is C104H160O21. The maximum absolute atomic E-state index is 5.61. The van der Waals surface area contributed by atoms with Crippen LogP contribution in [0.1, 0.15) is 126 Å². The van der Waals surface area contributed by atoms with E-state index < -0.39 is 0 Å². The van der Waals surface area contributed by atoms with Gasteiger partial charge in [0.1, 0.15) is 42.0 Å². The molecule has 0 fully saturated rings. The SMILES string of the molecule is CCOCCOCc1ccc(C)cc1.COCCCCOCCOc1ccc(C)cc1.COCCCOCCCOc1ccc(C)cc1.COCCCOCCOc1ccc(C)cc1.COCCCOCc1ccc(C)cc1.COCCOCCCCOc1ccc(C)cc1.COCCOCCCOc1ccc(C)cc1.COCCOCCc1ccc(C)cc1. The highest BCUT2D eigenvalue weighted by Crippen LogP contribution is 2.17. The normalized spacial score (nSPS) is 10.4. The summed E-state index contributed by atoms with van der Waals surface area (Å²) in [4.78, 5) is 0. The topological polar surface area (TPSA) is 194 Å². The van der Waals surface area contributed by atoms with Crippen molar-refractivity contribution in [1.82, 2.24) is 0 Å².